The van der Waals surface area contributed by atoms with Crippen molar-refractivity contribution in [1.82, 2.24) is 0 Å². The molecular formula is C35H37O2P. The van der Waals surface area contributed by atoms with Crippen LogP contribution < -0.4 is 10.0 Å². The Kier molecular flexibility index (Phi) is 8.30. The second-order valence-corrected chi connectivity index (χ2v) is 12.4. The molecule has 0 unspecified atom stereocenters. The second-order valence-electron chi connectivity index (χ2n) is 9.94. The van der Waals surface area contributed by atoms with E-state index in [2.05, 4.69) is 80.6 Å². The maximum absolute atomic E-state index is 12.2. The average molecular weight is 521 g/mol. The molecule has 0 fully saturated rings. The van der Waals surface area contributed by atoms with Gasteiger partial charge in [0, 0.05) is 22.3 Å². The number of methoxy groups -OCH3 is 1. The molecule has 0 atom stereocenters. The molecule has 0 radical (unpaired) electrons. The Morgan fingerprint density at radius 2 is 1.26 bits per heavy atom. The van der Waals surface area contributed by atoms with Crippen molar-refractivity contribution in [3.05, 3.63) is 91.0 Å². The van der Waals surface area contributed by atoms with Crippen molar-refractivity contribution in [3.8, 4) is 33.8 Å². The molecule has 0 amide bonds. The summed E-state index contributed by atoms with van der Waals surface area (Å²) in [6.07, 6.45) is 7.31. The van der Waals surface area contributed by atoms with E-state index in [0.29, 0.717) is 5.75 Å². The fourth-order valence-corrected chi connectivity index (χ4v) is 8.43. The van der Waals surface area contributed by atoms with Crippen LogP contribution in [0.25, 0.3) is 43.8 Å². The Bertz CT molecular complexity index is 1550. The molecule has 0 saturated carbocycles. The van der Waals surface area contributed by atoms with Gasteiger partial charge in [-0.25, -0.2) is 0 Å². The molecule has 3 heteroatoms. The molecule has 5 rings (SSSR count). The zero-order chi connectivity index (χ0) is 26.5. The van der Waals surface area contributed by atoms with Gasteiger partial charge in [0.05, 0.1) is 7.11 Å². The molecule has 0 heterocycles. The van der Waals surface area contributed by atoms with Crippen molar-refractivity contribution in [3.63, 3.8) is 0 Å². The number of phenolic OH excluding ortho intramolecular Hbond substituents is 1. The second kappa shape index (κ2) is 12.0. The van der Waals surface area contributed by atoms with E-state index in [1.165, 1.54) is 59.6 Å². The summed E-state index contributed by atoms with van der Waals surface area (Å²) in [4.78, 5) is 0. The van der Waals surface area contributed by atoms with Crippen LogP contribution in [0.5, 0.6) is 11.5 Å². The normalized spacial score (nSPS) is 11.5. The molecule has 0 bridgehead atoms. The van der Waals surface area contributed by atoms with Crippen LogP contribution in [0.3, 0.4) is 0 Å². The summed E-state index contributed by atoms with van der Waals surface area (Å²) in [6.45, 7) is 4.56. The third kappa shape index (κ3) is 5.03. The third-order valence-electron chi connectivity index (χ3n) is 7.48. The lowest BCUT2D eigenvalue weighted by Gasteiger charge is -2.25. The van der Waals surface area contributed by atoms with Gasteiger partial charge in [0.1, 0.15) is 11.5 Å². The zero-order valence-electron chi connectivity index (χ0n) is 22.7. The molecule has 0 saturated heterocycles. The quantitative estimate of drug-likeness (QED) is 0.186. The van der Waals surface area contributed by atoms with Gasteiger partial charge in [-0.05, 0) is 64.1 Å². The molecule has 5 aromatic carbocycles. The lowest BCUT2D eigenvalue weighted by Crippen LogP contribution is -2.11. The predicted octanol–water partition coefficient (Wildman–Crippen LogP) is 9.75. The monoisotopic (exact) mass is 520 g/mol. The Labute approximate surface area is 228 Å². The Balaban J connectivity index is 1.88. The number of ether oxygens (including phenoxy) is 1. The van der Waals surface area contributed by atoms with E-state index in [0.717, 1.165) is 33.2 Å². The number of hydrogen-bond acceptors (Lipinski definition) is 2. The van der Waals surface area contributed by atoms with E-state index in [4.69, 9.17) is 4.74 Å². The molecule has 0 spiro atoms. The van der Waals surface area contributed by atoms with E-state index in [9.17, 15) is 5.11 Å². The van der Waals surface area contributed by atoms with Crippen LogP contribution >= 0.6 is 7.92 Å². The summed E-state index contributed by atoms with van der Waals surface area (Å²) in [6, 6.07) is 31.8. The van der Waals surface area contributed by atoms with Gasteiger partial charge in [-0.3, -0.25) is 0 Å². The molecule has 194 valence electrons. The highest BCUT2D eigenvalue weighted by atomic mass is 31.1. The first-order valence-electron chi connectivity index (χ1n) is 13.8. The van der Waals surface area contributed by atoms with Gasteiger partial charge in [-0.1, -0.05) is 113 Å². The number of rotatable bonds is 10. The van der Waals surface area contributed by atoms with Crippen molar-refractivity contribution in [2.24, 2.45) is 0 Å². The maximum Gasteiger partial charge on any atom is 0.132 e. The van der Waals surface area contributed by atoms with E-state index in [-0.39, 0.29) is 7.92 Å². The summed E-state index contributed by atoms with van der Waals surface area (Å²) >= 11 is 0. The SMILES string of the molecule is CCCCP(CCCC)c1ccc2ccccc2c1-c1c(O)c(-c2ccccc2OC)cc2ccccc12. The van der Waals surface area contributed by atoms with E-state index >= 15 is 0 Å². The first-order valence-corrected chi connectivity index (χ1v) is 15.5. The summed E-state index contributed by atoms with van der Waals surface area (Å²) in [7, 11) is 1.33. The fourth-order valence-electron chi connectivity index (χ4n) is 5.50. The number of unbranched alkanes of at least 4 members (excludes halogenated alkanes) is 2. The van der Waals surface area contributed by atoms with E-state index < -0.39 is 0 Å². The predicted molar refractivity (Wildman–Crippen MR) is 167 cm³/mol. The Morgan fingerprint density at radius 3 is 1.95 bits per heavy atom. The summed E-state index contributed by atoms with van der Waals surface area (Å²) in [5.74, 6) is 1.09. The van der Waals surface area contributed by atoms with Crippen molar-refractivity contribution >= 4 is 34.8 Å². The highest BCUT2D eigenvalue weighted by Crippen LogP contribution is 2.50. The highest BCUT2D eigenvalue weighted by molar-refractivity contribution is 7.66. The minimum absolute atomic E-state index is 0.326. The van der Waals surface area contributed by atoms with E-state index in [1.807, 2.05) is 24.3 Å². The Morgan fingerprint density at radius 1 is 0.658 bits per heavy atom. The van der Waals surface area contributed by atoms with Gasteiger partial charge in [-0.15, -0.1) is 0 Å². The van der Waals surface area contributed by atoms with Crippen LogP contribution in [-0.2, 0) is 0 Å². The number of aromatic hydroxyl groups is 1. The molecule has 5 aromatic rings. The molecule has 38 heavy (non-hydrogen) atoms. The molecule has 2 nitrogen and oxygen atoms in total. The smallest absolute Gasteiger partial charge is 0.132 e. The topological polar surface area (TPSA) is 29.5 Å². The first-order chi connectivity index (χ1) is 18.7. The largest absolute Gasteiger partial charge is 0.507 e. The first kappa shape index (κ1) is 26.3. The lowest BCUT2D eigenvalue weighted by molar-refractivity contribution is 0.416. The molecule has 0 aliphatic rings. The number of hydrogen-bond donors (Lipinski definition) is 1. The summed E-state index contributed by atoms with van der Waals surface area (Å²) in [5.41, 5.74) is 3.85. The van der Waals surface area contributed by atoms with Crippen LogP contribution in [0.2, 0.25) is 0 Å². The van der Waals surface area contributed by atoms with Crippen LogP contribution in [-0.4, -0.2) is 24.5 Å². The van der Waals surface area contributed by atoms with Gasteiger partial charge in [-0.2, -0.15) is 0 Å². The van der Waals surface area contributed by atoms with Crippen LogP contribution in [0.1, 0.15) is 39.5 Å². The van der Waals surface area contributed by atoms with Gasteiger partial charge in [0.15, 0.2) is 0 Å². The maximum atomic E-state index is 12.2. The number of benzene rings is 5. The van der Waals surface area contributed by atoms with Crippen LogP contribution in [0.4, 0.5) is 0 Å². The minimum atomic E-state index is -0.362. The van der Waals surface area contributed by atoms with E-state index in [1.54, 1.807) is 7.11 Å². The molecule has 0 aliphatic heterocycles. The number of para-hydroxylation sites is 1. The molecule has 0 aromatic heterocycles. The molecule has 0 aliphatic carbocycles. The van der Waals surface area contributed by atoms with Gasteiger partial charge < -0.3 is 9.84 Å². The average Bonchev–Trinajstić information content (AvgIpc) is 2.97. The standard InChI is InChI=1S/C35H37O2P/c1-4-6-22-38(23-7-5-2)32-21-20-25-14-8-10-16-27(25)33(32)34-28-17-11-9-15-26(28)24-30(35(34)36)29-18-12-13-19-31(29)37-3/h8-21,24,36H,4-7,22-23H2,1-3H3. The number of phenols is 1. The van der Waals surface area contributed by atoms with Crippen LogP contribution in [0, 0.1) is 0 Å². The summed E-state index contributed by atoms with van der Waals surface area (Å²) < 4.78 is 5.73. The molecule has 1 N–H and O–H groups in total. The van der Waals surface area contributed by atoms with Gasteiger partial charge >= 0.3 is 0 Å². The van der Waals surface area contributed by atoms with Crippen molar-refractivity contribution in [2.75, 3.05) is 19.4 Å². The summed E-state index contributed by atoms with van der Waals surface area (Å²) in [5, 5.41) is 18.2. The van der Waals surface area contributed by atoms with Crippen molar-refractivity contribution in [1.29, 1.82) is 0 Å². The van der Waals surface area contributed by atoms with Crippen LogP contribution in [0.15, 0.2) is 91.0 Å². The molecular weight excluding hydrogens is 483 g/mol. The third-order valence-corrected chi connectivity index (χ3v) is 10.2. The van der Waals surface area contributed by atoms with Crippen molar-refractivity contribution in [2.45, 2.75) is 39.5 Å². The fraction of sp³-hybridized carbons (Fsp3) is 0.257. The highest BCUT2D eigenvalue weighted by Gasteiger charge is 2.24. The van der Waals surface area contributed by atoms with Gasteiger partial charge in [0.2, 0.25) is 0 Å². The minimum Gasteiger partial charge on any atom is -0.507 e. The van der Waals surface area contributed by atoms with Crippen molar-refractivity contribution < 1.29 is 9.84 Å². The Hall–Kier alpha value is -3.35. The van der Waals surface area contributed by atoms with Gasteiger partial charge in [0.25, 0.3) is 0 Å². The zero-order valence-corrected chi connectivity index (χ0v) is 23.6. The number of fused-ring (bicyclic) bond motifs is 2. The lowest BCUT2D eigenvalue weighted by atomic mass is 9.89.